The number of rotatable bonds is 5. The fourth-order valence-electron chi connectivity index (χ4n) is 3.55. The van der Waals surface area contributed by atoms with E-state index in [0.717, 1.165) is 4.70 Å². The van der Waals surface area contributed by atoms with Crippen LogP contribution in [0.1, 0.15) is 23.2 Å². The predicted molar refractivity (Wildman–Crippen MR) is 118 cm³/mol. The number of sulfonamides is 1. The van der Waals surface area contributed by atoms with Crippen LogP contribution in [0.25, 0.3) is 10.2 Å². The number of nitrogens with zero attached hydrogens (tertiary/aromatic N) is 2. The number of piperidine rings is 1. The molecule has 1 unspecified atom stereocenters. The van der Waals surface area contributed by atoms with Crippen molar-refractivity contribution in [3.8, 4) is 0 Å². The second-order valence-electron chi connectivity index (χ2n) is 7.20. The van der Waals surface area contributed by atoms with E-state index in [1.165, 1.54) is 22.8 Å². The van der Waals surface area contributed by atoms with Gasteiger partial charge in [0.05, 0.1) is 33.7 Å². The number of benzene rings is 2. The number of amides is 1. The largest absolute Gasteiger partial charge is 0.465 e. The minimum Gasteiger partial charge on any atom is -0.465 e. The molecule has 3 aromatic rings. The van der Waals surface area contributed by atoms with E-state index in [9.17, 15) is 18.0 Å². The van der Waals surface area contributed by atoms with Gasteiger partial charge in [0.2, 0.25) is 15.9 Å². The number of methoxy groups -OCH3 is 1. The molecule has 31 heavy (non-hydrogen) atoms. The quantitative estimate of drug-likeness (QED) is 0.588. The average molecular weight is 460 g/mol. The molecule has 1 N–H and O–H groups in total. The molecule has 1 aromatic heterocycles. The van der Waals surface area contributed by atoms with Gasteiger partial charge in [0.25, 0.3) is 0 Å². The Labute approximate surface area is 183 Å². The van der Waals surface area contributed by atoms with Crippen LogP contribution in [-0.4, -0.2) is 49.8 Å². The van der Waals surface area contributed by atoms with Crippen LogP contribution in [0.15, 0.2) is 53.4 Å². The normalized spacial score (nSPS) is 17.4. The summed E-state index contributed by atoms with van der Waals surface area (Å²) in [7, 11) is -2.33. The molecule has 1 aliphatic heterocycles. The lowest BCUT2D eigenvalue weighted by Crippen LogP contribution is -2.43. The molecule has 0 spiro atoms. The molecule has 162 valence electrons. The lowest BCUT2D eigenvalue weighted by atomic mass is 9.99. The van der Waals surface area contributed by atoms with Crippen LogP contribution in [0.2, 0.25) is 0 Å². The van der Waals surface area contributed by atoms with Crippen molar-refractivity contribution in [2.24, 2.45) is 5.92 Å². The maximum absolute atomic E-state index is 12.9. The highest BCUT2D eigenvalue weighted by Gasteiger charge is 2.33. The summed E-state index contributed by atoms with van der Waals surface area (Å²) in [6, 6.07) is 13.2. The van der Waals surface area contributed by atoms with Crippen LogP contribution in [0.4, 0.5) is 5.13 Å². The van der Waals surface area contributed by atoms with Gasteiger partial charge in [0.15, 0.2) is 5.13 Å². The molecule has 1 amide bonds. The fourth-order valence-corrected chi connectivity index (χ4v) is 6.00. The molecular formula is C21H21N3O5S2. The summed E-state index contributed by atoms with van der Waals surface area (Å²) in [5, 5.41) is 3.21. The monoisotopic (exact) mass is 459 g/mol. The standard InChI is InChI=1S/C21H21N3O5S2/c1-29-20(26)14-9-10-17-18(12-14)30-21(22-17)23-19(25)15-6-5-11-24(13-15)31(27,28)16-7-3-2-4-8-16/h2-4,7-10,12,15H,5-6,11,13H2,1H3,(H,22,23,25). The molecule has 1 atom stereocenters. The fraction of sp³-hybridized carbons (Fsp3) is 0.286. The molecule has 8 nitrogen and oxygen atoms in total. The second kappa shape index (κ2) is 8.74. The van der Waals surface area contributed by atoms with E-state index in [1.807, 2.05) is 0 Å². The van der Waals surface area contributed by atoms with Gasteiger partial charge < -0.3 is 10.1 Å². The number of carbonyl (C=O) groups is 2. The minimum atomic E-state index is -3.64. The number of nitrogens with one attached hydrogen (secondary N) is 1. The topological polar surface area (TPSA) is 106 Å². The maximum atomic E-state index is 12.9. The number of aromatic nitrogens is 1. The molecule has 1 saturated heterocycles. The van der Waals surface area contributed by atoms with E-state index in [4.69, 9.17) is 4.74 Å². The highest BCUT2D eigenvalue weighted by molar-refractivity contribution is 7.89. The number of fused-ring (bicyclic) bond motifs is 1. The Balaban J connectivity index is 1.48. The molecule has 10 heteroatoms. The molecule has 0 aliphatic carbocycles. The molecule has 4 rings (SSSR count). The van der Waals surface area contributed by atoms with Crippen molar-refractivity contribution in [3.63, 3.8) is 0 Å². The molecule has 2 aromatic carbocycles. The zero-order valence-electron chi connectivity index (χ0n) is 16.8. The Bertz CT molecular complexity index is 1220. The first-order valence-electron chi connectivity index (χ1n) is 9.73. The molecule has 1 aliphatic rings. The summed E-state index contributed by atoms with van der Waals surface area (Å²) in [6.07, 6.45) is 1.20. The molecule has 0 radical (unpaired) electrons. The van der Waals surface area contributed by atoms with Gasteiger partial charge in [-0.15, -0.1) is 0 Å². The number of ether oxygens (including phenoxy) is 1. The van der Waals surface area contributed by atoms with Crippen LogP contribution in [0.5, 0.6) is 0 Å². The smallest absolute Gasteiger partial charge is 0.337 e. The Morgan fingerprint density at radius 2 is 1.97 bits per heavy atom. The number of carbonyl (C=O) groups excluding carboxylic acids is 2. The third kappa shape index (κ3) is 4.46. The SMILES string of the molecule is COC(=O)c1ccc2nc(NC(=O)C3CCCN(S(=O)(=O)c4ccccc4)C3)sc2c1. The third-order valence-electron chi connectivity index (χ3n) is 5.18. The highest BCUT2D eigenvalue weighted by Crippen LogP contribution is 2.29. The van der Waals surface area contributed by atoms with Gasteiger partial charge in [0.1, 0.15) is 0 Å². The third-order valence-corrected chi connectivity index (χ3v) is 7.99. The van der Waals surface area contributed by atoms with Crippen molar-refractivity contribution in [1.29, 1.82) is 0 Å². The zero-order chi connectivity index (χ0) is 22.0. The van der Waals surface area contributed by atoms with E-state index < -0.39 is 21.9 Å². The van der Waals surface area contributed by atoms with Crippen LogP contribution in [0.3, 0.4) is 0 Å². The number of thiazole rings is 1. The first kappa shape index (κ1) is 21.4. The van der Waals surface area contributed by atoms with E-state index in [0.29, 0.717) is 35.6 Å². The van der Waals surface area contributed by atoms with E-state index in [1.54, 1.807) is 48.5 Å². The highest BCUT2D eigenvalue weighted by atomic mass is 32.2. The van der Waals surface area contributed by atoms with Crippen molar-refractivity contribution >= 4 is 48.6 Å². The number of esters is 1. The van der Waals surface area contributed by atoms with Gasteiger partial charge >= 0.3 is 5.97 Å². The van der Waals surface area contributed by atoms with Gasteiger partial charge in [-0.1, -0.05) is 29.5 Å². The Hall–Kier alpha value is -2.82. The van der Waals surface area contributed by atoms with Crippen molar-refractivity contribution in [1.82, 2.24) is 9.29 Å². The molecule has 0 saturated carbocycles. The van der Waals surface area contributed by atoms with Gasteiger partial charge in [-0.2, -0.15) is 4.31 Å². The molecular weight excluding hydrogens is 438 g/mol. The first-order chi connectivity index (χ1) is 14.9. The number of hydrogen-bond donors (Lipinski definition) is 1. The van der Waals surface area contributed by atoms with Crippen LogP contribution < -0.4 is 5.32 Å². The van der Waals surface area contributed by atoms with Gasteiger partial charge in [0, 0.05) is 13.1 Å². The number of hydrogen-bond acceptors (Lipinski definition) is 7. The molecule has 0 bridgehead atoms. The lowest BCUT2D eigenvalue weighted by molar-refractivity contribution is -0.120. The zero-order valence-corrected chi connectivity index (χ0v) is 18.4. The summed E-state index contributed by atoms with van der Waals surface area (Å²) >= 11 is 1.25. The van der Waals surface area contributed by atoms with Crippen molar-refractivity contribution in [3.05, 3.63) is 54.1 Å². The van der Waals surface area contributed by atoms with Crippen molar-refractivity contribution in [2.45, 2.75) is 17.7 Å². The van der Waals surface area contributed by atoms with E-state index >= 15 is 0 Å². The number of anilines is 1. The van der Waals surface area contributed by atoms with Crippen LogP contribution >= 0.6 is 11.3 Å². The van der Waals surface area contributed by atoms with Gasteiger partial charge in [-0.3, -0.25) is 4.79 Å². The predicted octanol–water partition coefficient (Wildman–Crippen LogP) is 3.12. The van der Waals surface area contributed by atoms with Gasteiger partial charge in [-0.05, 0) is 43.2 Å². The summed E-state index contributed by atoms with van der Waals surface area (Å²) < 4.78 is 32.6. The maximum Gasteiger partial charge on any atom is 0.337 e. The minimum absolute atomic E-state index is 0.125. The molecule has 1 fully saturated rings. The summed E-state index contributed by atoms with van der Waals surface area (Å²) in [6.45, 7) is 0.513. The summed E-state index contributed by atoms with van der Waals surface area (Å²) in [5.41, 5.74) is 1.07. The summed E-state index contributed by atoms with van der Waals surface area (Å²) in [5.74, 6) is -1.17. The van der Waals surface area contributed by atoms with E-state index in [2.05, 4.69) is 10.3 Å². The Kier molecular flexibility index (Phi) is 6.03. The summed E-state index contributed by atoms with van der Waals surface area (Å²) in [4.78, 5) is 29.2. The van der Waals surface area contributed by atoms with Crippen LogP contribution in [0, 0.1) is 5.92 Å². The van der Waals surface area contributed by atoms with Crippen LogP contribution in [-0.2, 0) is 19.6 Å². The first-order valence-corrected chi connectivity index (χ1v) is 12.0. The Morgan fingerprint density at radius 1 is 1.19 bits per heavy atom. The lowest BCUT2D eigenvalue weighted by Gasteiger charge is -2.31. The van der Waals surface area contributed by atoms with E-state index in [-0.39, 0.29) is 17.3 Å². The second-order valence-corrected chi connectivity index (χ2v) is 10.2. The Morgan fingerprint density at radius 3 is 2.71 bits per heavy atom. The van der Waals surface area contributed by atoms with Crippen molar-refractivity contribution < 1.29 is 22.7 Å². The van der Waals surface area contributed by atoms with Gasteiger partial charge in [-0.25, -0.2) is 18.2 Å². The van der Waals surface area contributed by atoms with Crippen molar-refractivity contribution in [2.75, 3.05) is 25.5 Å². The molecule has 2 heterocycles. The average Bonchev–Trinajstić information content (AvgIpc) is 3.20.